The largest absolute Gasteiger partial charge is 0.508 e. The third-order valence-electron chi connectivity index (χ3n) is 3.32. The van der Waals surface area contributed by atoms with Crippen LogP contribution in [0.3, 0.4) is 0 Å². The number of carbonyl (C=O) groups is 1. The fourth-order valence-corrected chi connectivity index (χ4v) is 2.11. The van der Waals surface area contributed by atoms with Gasteiger partial charge in [-0.05, 0) is 36.2 Å². The van der Waals surface area contributed by atoms with Gasteiger partial charge in [0.15, 0.2) is 11.5 Å². The fraction of sp³-hybridized carbons (Fsp3) is 0.235. The summed E-state index contributed by atoms with van der Waals surface area (Å²) in [6.45, 7) is 0.435. The molecule has 22 heavy (non-hydrogen) atoms. The third-order valence-corrected chi connectivity index (χ3v) is 3.32. The van der Waals surface area contributed by atoms with E-state index in [1.807, 2.05) is 12.1 Å². The van der Waals surface area contributed by atoms with E-state index in [-0.39, 0.29) is 11.7 Å². The Hall–Kier alpha value is -2.69. The van der Waals surface area contributed by atoms with E-state index >= 15 is 0 Å². The van der Waals surface area contributed by atoms with Gasteiger partial charge in [-0.25, -0.2) is 0 Å². The number of amides is 1. The summed E-state index contributed by atoms with van der Waals surface area (Å²) in [6, 6.07) is 12.1. The fourth-order valence-electron chi connectivity index (χ4n) is 2.11. The maximum absolute atomic E-state index is 12.1. The molecule has 5 nitrogen and oxygen atoms in total. The van der Waals surface area contributed by atoms with Gasteiger partial charge in [0.2, 0.25) is 0 Å². The number of carbonyl (C=O) groups excluding carboxylic acids is 1. The summed E-state index contributed by atoms with van der Waals surface area (Å²) in [7, 11) is 3.07. The van der Waals surface area contributed by atoms with Gasteiger partial charge >= 0.3 is 0 Å². The molecular formula is C17H19NO4. The van der Waals surface area contributed by atoms with Gasteiger partial charge in [0, 0.05) is 12.1 Å². The van der Waals surface area contributed by atoms with Crippen LogP contribution >= 0.6 is 0 Å². The standard InChI is InChI=1S/C17H19NO4/c1-21-15-8-7-13(11-16(15)22-2)17(20)18-10-9-12-5-3-4-6-14(12)19/h3-8,11,19H,9-10H2,1-2H3,(H,18,20). The minimum atomic E-state index is -0.198. The molecule has 0 aromatic heterocycles. The Morgan fingerprint density at radius 2 is 1.82 bits per heavy atom. The van der Waals surface area contributed by atoms with Crippen LogP contribution < -0.4 is 14.8 Å². The molecule has 116 valence electrons. The van der Waals surface area contributed by atoms with Crippen LogP contribution in [-0.4, -0.2) is 31.8 Å². The van der Waals surface area contributed by atoms with Crippen molar-refractivity contribution in [2.24, 2.45) is 0 Å². The quantitative estimate of drug-likeness (QED) is 0.859. The number of phenolic OH excluding ortho intramolecular Hbond substituents is 1. The highest BCUT2D eigenvalue weighted by Gasteiger charge is 2.10. The van der Waals surface area contributed by atoms with E-state index in [4.69, 9.17) is 9.47 Å². The minimum absolute atomic E-state index is 0.198. The lowest BCUT2D eigenvalue weighted by atomic mass is 10.1. The lowest BCUT2D eigenvalue weighted by Crippen LogP contribution is -2.25. The van der Waals surface area contributed by atoms with Crippen molar-refractivity contribution in [3.8, 4) is 17.2 Å². The van der Waals surface area contributed by atoms with Crippen LogP contribution in [0.5, 0.6) is 17.2 Å². The summed E-state index contributed by atoms with van der Waals surface area (Å²) in [5, 5.41) is 12.5. The molecule has 5 heteroatoms. The molecule has 2 rings (SSSR count). The molecule has 0 spiro atoms. The van der Waals surface area contributed by atoms with Gasteiger partial charge in [0.25, 0.3) is 5.91 Å². The number of nitrogens with one attached hydrogen (secondary N) is 1. The number of phenols is 1. The Kier molecular flexibility index (Phi) is 5.25. The molecule has 0 aliphatic rings. The van der Waals surface area contributed by atoms with Crippen molar-refractivity contribution in [3.05, 3.63) is 53.6 Å². The minimum Gasteiger partial charge on any atom is -0.508 e. The van der Waals surface area contributed by atoms with E-state index in [1.54, 1.807) is 37.4 Å². The predicted molar refractivity (Wildman–Crippen MR) is 83.7 cm³/mol. The van der Waals surface area contributed by atoms with Gasteiger partial charge in [-0.15, -0.1) is 0 Å². The van der Waals surface area contributed by atoms with E-state index in [0.717, 1.165) is 5.56 Å². The second-order valence-corrected chi connectivity index (χ2v) is 4.70. The zero-order valence-electron chi connectivity index (χ0n) is 12.6. The molecule has 0 aliphatic heterocycles. The van der Waals surface area contributed by atoms with Crippen molar-refractivity contribution < 1.29 is 19.4 Å². The molecule has 0 saturated heterocycles. The average Bonchev–Trinajstić information content (AvgIpc) is 2.55. The summed E-state index contributed by atoms with van der Waals surface area (Å²) in [4.78, 5) is 12.1. The van der Waals surface area contributed by atoms with Crippen molar-refractivity contribution >= 4 is 5.91 Å². The highest BCUT2D eigenvalue weighted by atomic mass is 16.5. The molecule has 0 bridgehead atoms. The number of hydrogen-bond donors (Lipinski definition) is 2. The molecule has 0 radical (unpaired) electrons. The van der Waals surface area contributed by atoms with Crippen LogP contribution in [0.4, 0.5) is 0 Å². The SMILES string of the molecule is COc1ccc(C(=O)NCCc2ccccc2O)cc1OC. The van der Waals surface area contributed by atoms with Gasteiger partial charge in [0.05, 0.1) is 14.2 Å². The molecule has 0 saturated carbocycles. The first kappa shape index (κ1) is 15.7. The van der Waals surface area contributed by atoms with Crippen LogP contribution in [0, 0.1) is 0 Å². The lowest BCUT2D eigenvalue weighted by Gasteiger charge is -2.10. The maximum atomic E-state index is 12.1. The summed E-state index contributed by atoms with van der Waals surface area (Å²) < 4.78 is 10.3. The molecule has 0 fully saturated rings. The van der Waals surface area contributed by atoms with E-state index in [0.29, 0.717) is 30.0 Å². The molecule has 2 N–H and O–H groups in total. The van der Waals surface area contributed by atoms with Crippen molar-refractivity contribution in [2.75, 3.05) is 20.8 Å². The van der Waals surface area contributed by atoms with Crippen molar-refractivity contribution in [2.45, 2.75) is 6.42 Å². The molecule has 0 aliphatic carbocycles. The van der Waals surface area contributed by atoms with Crippen LogP contribution in [0.1, 0.15) is 15.9 Å². The molecule has 0 atom stereocenters. The Labute approximate surface area is 129 Å². The van der Waals surface area contributed by atoms with E-state index in [9.17, 15) is 9.90 Å². The molecule has 0 heterocycles. The highest BCUT2D eigenvalue weighted by Crippen LogP contribution is 2.27. The first-order valence-electron chi connectivity index (χ1n) is 6.92. The van der Waals surface area contributed by atoms with E-state index < -0.39 is 0 Å². The smallest absolute Gasteiger partial charge is 0.251 e. The van der Waals surface area contributed by atoms with Gasteiger partial charge in [-0.1, -0.05) is 18.2 Å². The van der Waals surface area contributed by atoms with Crippen molar-refractivity contribution in [1.29, 1.82) is 0 Å². The topological polar surface area (TPSA) is 67.8 Å². The zero-order valence-corrected chi connectivity index (χ0v) is 12.6. The number of para-hydroxylation sites is 1. The van der Waals surface area contributed by atoms with Crippen LogP contribution in [0.25, 0.3) is 0 Å². The highest BCUT2D eigenvalue weighted by molar-refractivity contribution is 5.94. The number of hydrogen-bond acceptors (Lipinski definition) is 4. The molecule has 2 aromatic rings. The van der Waals surface area contributed by atoms with Crippen molar-refractivity contribution in [1.82, 2.24) is 5.32 Å². The Bertz CT molecular complexity index is 655. The number of rotatable bonds is 6. The molecular weight excluding hydrogens is 282 g/mol. The monoisotopic (exact) mass is 301 g/mol. The maximum Gasteiger partial charge on any atom is 0.251 e. The van der Waals surface area contributed by atoms with E-state index in [2.05, 4.69) is 5.32 Å². The van der Waals surface area contributed by atoms with Crippen LogP contribution in [-0.2, 0) is 6.42 Å². The van der Waals surface area contributed by atoms with Gasteiger partial charge in [-0.3, -0.25) is 4.79 Å². The number of aromatic hydroxyl groups is 1. The van der Waals surface area contributed by atoms with Crippen LogP contribution in [0.2, 0.25) is 0 Å². The summed E-state index contributed by atoms with van der Waals surface area (Å²) >= 11 is 0. The third kappa shape index (κ3) is 3.69. The zero-order chi connectivity index (χ0) is 15.9. The first-order valence-corrected chi connectivity index (χ1v) is 6.92. The number of benzene rings is 2. The van der Waals surface area contributed by atoms with Crippen LogP contribution in [0.15, 0.2) is 42.5 Å². The normalized spacial score (nSPS) is 10.1. The molecule has 0 unspecified atom stereocenters. The molecule has 1 amide bonds. The van der Waals surface area contributed by atoms with Crippen molar-refractivity contribution in [3.63, 3.8) is 0 Å². The van der Waals surface area contributed by atoms with Gasteiger partial charge in [-0.2, -0.15) is 0 Å². The average molecular weight is 301 g/mol. The lowest BCUT2D eigenvalue weighted by molar-refractivity contribution is 0.0953. The summed E-state index contributed by atoms with van der Waals surface area (Å²) in [5.74, 6) is 1.13. The molecule has 2 aromatic carbocycles. The predicted octanol–water partition coefficient (Wildman–Crippen LogP) is 2.38. The Balaban J connectivity index is 1.96. The second-order valence-electron chi connectivity index (χ2n) is 4.70. The summed E-state index contributed by atoms with van der Waals surface area (Å²) in [5.41, 5.74) is 1.30. The number of ether oxygens (including phenoxy) is 2. The summed E-state index contributed by atoms with van der Waals surface area (Å²) in [6.07, 6.45) is 0.561. The Morgan fingerprint density at radius 1 is 1.09 bits per heavy atom. The van der Waals surface area contributed by atoms with Gasteiger partial charge in [0.1, 0.15) is 5.75 Å². The Morgan fingerprint density at radius 3 is 2.50 bits per heavy atom. The van der Waals surface area contributed by atoms with Gasteiger partial charge < -0.3 is 19.9 Å². The number of methoxy groups -OCH3 is 2. The second kappa shape index (κ2) is 7.36. The van der Waals surface area contributed by atoms with E-state index in [1.165, 1.54) is 7.11 Å². The first-order chi connectivity index (χ1) is 10.7.